The Balaban J connectivity index is 1.23. The molecule has 1 fully saturated rings. The number of carbonyl (C=O) groups excluding carboxylic acids is 1. The number of carbonyl (C=O) groups is 1. The molecule has 1 saturated carbocycles. The van der Waals surface area contributed by atoms with Gasteiger partial charge in [-0.25, -0.2) is 14.8 Å². The van der Waals surface area contributed by atoms with Gasteiger partial charge in [0.25, 0.3) is 0 Å². The summed E-state index contributed by atoms with van der Waals surface area (Å²) in [6.07, 6.45) is 8.12. The zero-order valence-corrected chi connectivity index (χ0v) is 14.4. The Morgan fingerprint density at radius 3 is 2.85 bits per heavy atom. The zero-order valence-electron chi connectivity index (χ0n) is 14.4. The van der Waals surface area contributed by atoms with Crippen LogP contribution < -0.4 is 10.6 Å². The van der Waals surface area contributed by atoms with Gasteiger partial charge in [-0.1, -0.05) is 30.3 Å². The number of rotatable bonds is 6. The quantitative estimate of drug-likeness (QED) is 0.720. The van der Waals surface area contributed by atoms with Crippen LogP contribution in [0.1, 0.15) is 23.5 Å². The first kappa shape index (κ1) is 16.3. The summed E-state index contributed by atoms with van der Waals surface area (Å²) in [5, 5.41) is 5.88. The average Bonchev–Trinajstić information content (AvgIpc) is 3.26. The summed E-state index contributed by atoms with van der Waals surface area (Å²) in [5.41, 5.74) is 2.36. The molecule has 2 aromatic heterocycles. The molecular weight excluding hydrogens is 326 g/mol. The molecule has 0 bridgehead atoms. The Morgan fingerprint density at radius 1 is 1.15 bits per heavy atom. The summed E-state index contributed by atoms with van der Waals surface area (Å²) in [6.45, 7) is 1.17. The van der Waals surface area contributed by atoms with Gasteiger partial charge in [0, 0.05) is 31.7 Å². The van der Waals surface area contributed by atoms with Gasteiger partial charge in [0.05, 0.1) is 0 Å². The van der Waals surface area contributed by atoms with E-state index in [4.69, 9.17) is 0 Å². The van der Waals surface area contributed by atoms with Gasteiger partial charge in [-0.2, -0.15) is 0 Å². The van der Waals surface area contributed by atoms with Gasteiger partial charge < -0.3 is 10.6 Å². The van der Waals surface area contributed by atoms with Gasteiger partial charge in [0.1, 0.15) is 12.1 Å². The van der Waals surface area contributed by atoms with Gasteiger partial charge in [0.15, 0.2) is 0 Å². The summed E-state index contributed by atoms with van der Waals surface area (Å²) in [6, 6.07) is 14.2. The molecule has 26 heavy (non-hydrogen) atoms. The predicted molar refractivity (Wildman–Crippen MR) is 98.9 cm³/mol. The van der Waals surface area contributed by atoms with Crippen LogP contribution in [0.3, 0.4) is 0 Å². The lowest BCUT2D eigenvalue weighted by Crippen LogP contribution is -2.36. The van der Waals surface area contributed by atoms with E-state index < -0.39 is 0 Å². The van der Waals surface area contributed by atoms with Crippen molar-refractivity contribution < 1.29 is 4.79 Å². The van der Waals surface area contributed by atoms with Gasteiger partial charge >= 0.3 is 6.03 Å². The maximum atomic E-state index is 12.1. The van der Waals surface area contributed by atoms with Crippen molar-refractivity contribution in [2.75, 3.05) is 6.54 Å². The van der Waals surface area contributed by atoms with Crippen molar-refractivity contribution in [3.05, 3.63) is 78.5 Å². The normalized spacial score (nSPS) is 18.3. The molecule has 0 unspecified atom stereocenters. The highest BCUT2D eigenvalue weighted by molar-refractivity contribution is 5.73. The van der Waals surface area contributed by atoms with Crippen molar-refractivity contribution in [1.29, 1.82) is 0 Å². The van der Waals surface area contributed by atoms with Crippen molar-refractivity contribution in [1.82, 2.24) is 25.2 Å². The first-order valence-corrected chi connectivity index (χ1v) is 8.79. The number of hydrogen-bond donors (Lipinski definition) is 2. The van der Waals surface area contributed by atoms with Crippen LogP contribution in [0.25, 0.3) is 5.82 Å². The number of amides is 2. The fraction of sp³-hybridized carbons (Fsp3) is 0.250. The number of nitrogens with one attached hydrogen (secondary N) is 2. The predicted octanol–water partition coefficient (Wildman–Crippen LogP) is 2.87. The molecule has 1 aliphatic carbocycles. The molecule has 132 valence electrons. The van der Waals surface area contributed by atoms with E-state index in [9.17, 15) is 4.79 Å². The minimum absolute atomic E-state index is 0.135. The van der Waals surface area contributed by atoms with E-state index in [1.165, 1.54) is 5.56 Å². The number of aromatic nitrogens is 3. The highest BCUT2D eigenvalue weighted by Crippen LogP contribution is 2.46. The monoisotopic (exact) mass is 347 g/mol. The second kappa shape index (κ2) is 7.39. The Kier molecular flexibility index (Phi) is 4.64. The van der Waals surface area contributed by atoms with Gasteiger partial charge in [0.2, 0.25) is 0 Å². The van der Waals surface area contributed by atoms with E-state index in [-0.39, 0.29) is 6.03 Å². The number of nitrogens with zero attached hydrogens (tertiary/aromatic N) is 3. The zero-order chi connectivity index (χ0) is 17.8. The van der Waals surface area contributed by atoms with E-state index >= 15 is 0 Å². The first-order chi connectivity index (χ1) is 12.8. The highest BCUT2D eigenvalue weighted by atomic mass is 16.2. The molecular formula is C20H21N5O. The number of hydrogen-bond acceptors (Lipinski definition) is 3. The Labute approximate surface area is 152 Å². The van der Waals surface area contributed by atoms with Gasteiger partial charge in [-0.05, 0) is 41.5 Å². The van der Waals surface area contributed by atoms with Crippen molar-refractivity contribution in [3.63, 3.8) is 0 Å². The third kappa shape index (κ3) is 3.91. The SMILES string of the molecule is O=C(NCc1ccnc(-n2ccnc2)c1)NC[C@H]1C[C@H]1c1ccccc1. The third-order valence-electron chi connectivity index (χ3n) is 4.71. The Bertz CT molecular complexity index is 863. The Morgan fingerprint density at radius 2 is 2.04 bits per heavy atom. The minimum Gasteiger partial charge on any atom is -0.338 e. The van der Waals surface area contributed by atoms with Crippen LogP contribution in [-0.4, -0.2) is 27.1 Å². The minimum atomic E-state index is -0.135. The lowest BCUT2D eigenvalue weighted by molar-refractivity contribution is 0.240. The molecule has 6 heteroatoms. The summed E-state index contributed by atoms with van der Waals surface area (Å²) in [7, 11) is 0. The molecule has 1 aromatic carbocycles. The molecule has 2 atom stereocenters. The molecule has 6 nitrogen and oxygen atoms in total. The van der Waals surface area contributed by atoms with Crippen LogP contribution >= 0.6 is 0 Å². The van der Waals surface area contributed by atoms with E-state index in [1.807, 2.05) is 29.0 Å². The van der Waals surface area contributed by atoms with Crippen LogP contribution in [0.2, 0.25) is 0 Å². The average molecular weight is 347 g/mol. The number of benzene rings is 1. The molecule has 0 aliphatic heterocycles. The summed E-state index contributed by atoms with van der Waals surface area (Å²) >= 11 is 0. The molecule has 3 aromatic rings. The van der Waals surface area contributed by atoms with Crippen molar-refractivity contribution >= 4 is 6.03 Å². The van der Waals surface area contributed by atoms with Crippen molar-refractivity contribution in [2.45, 2.75) is 18.9 Å². The maximum absolute atomic E-state index is 12.1. The van der Waals surface area contributed by atoms with Gasteiger partial charge in [-0.15, -0.1) is 0 Å². The molecule has 0 radical (unpaired) electrons. The van der Waals surface area contributed by atoms with Crippen molar-refractivity contribution in [3.8, 4) is 5.82 Å². The van der Waals surface area contributed by atoms with Crippen LogP contribution in [0.15, 0.2) is 67.4 Å². The third-order valence-corrected chi connectivity index (χ3v) is 4.71. The number of pyridine rings is 1. The molecule has 2 N–H and O–H groups in total. The summed E-state index contributed by atoms with van der Waals surface area (Å²) < 4.78 is 1.83. The molecule has 2 heterocycles. The standard InChI is InChI=1S/C20H21N5O/c26-20(24-13-17-11-18(17)16-4-2-1-3-5-16)23-12-15-6-7-22-19(10-15)25-9-8-21-14-25/h1-10,14,17-18H,11-13H2,(H2,23,24,26)/t17-,18+/m1/s1. The molecule has 0 saturated heterocycles. The maximum Gasteiger partial charge on any atom is 0.315 e. The number of urea groups is 1. The van der Waals surface area contributed by atoms with Crippen LogP contribution in [0, 0.1) is 5.92 Å². The topological polar surface area (TPSA) is 71.8 Å². The molecule has 4 rings (SSSR count). The fourth-order valence-electron chi connectivity index (χ4n) is 3.16. The first-order valence-electron chi connectivity index (χ1n) is 8.79. The van der Waals surface area contributed by atoms with Crippen LogP contribution in [0.5, 0.6) is 0 Å². The second-order valence-corrected chi connectivity index (χ2v) is 6.57. The smallest absolute Gasteiger partial charge is 0.315 e. The molecule has 2 amide bonds. The van der Waals surface area contributed by atoms with Crippen LogP contribution in [-0.2, 0) is 6.54 Å². The lowest BCUT2D eigenvalue weighted by atomic mass is 10.1. The van der Waals surface area contributed by atoms with Crippen molar-refractivity contribution in [2.24, 2.45) is 5.92 Å². The van der Waals surface area contributed by atoms with E-state index in [1.54, 1.807) is 18.7 Å². The largest absolute Gasteiger partial charge is 0.338 e. The summed E-state index contributed by atoms with van der Waals surface area (Å²) in [5.74, 6) is 1.90. The van der Waals surface area contributed by atoms with E-state index in [0.29, 0.717) is 24.9 Å². The van der Waals surface area contributed by atoms with Crippen LogP contribution in [0.4, 0.5) is 4.79 Å². The second-order valence-electron chi connectivity index (χ2n) is 6.57. The molecule has 0 spiro atoms. The molecule has 1 aliphatic rings. The fourth-order valence-corrected chi connectivity index (χ4v) is 3.16. The highest BCUT2D eigenvalue weighted by Gasteiger charge is 2.37. The Hall–Kier alpha value is -3.15. The van der Waals surface area contributed by atoms with E-state index in [2.05, 4.69) is 44.9 Å². The summed E-state index contributed by atoms with van der Waals surface area (Å²) in [4.78, 5) is 20.4. The lowest BCUT2D eigenvalue weighted by Gasteiger charge is -2.09. The van der Waals surface area contributed by atoms with Gasteiger partial charge in [-0.3, -0.25) is 4.57 Å². The number of imidazole rings is 1. The van der Waals surface area contributed by atoms with E-state index in [0.717, 1.165) is 17.8 Å².